The summed E-state index contributed by atoms with van der Waals surface area (Å²) in [5.41, 5.74) is 2.06. The number of anilines is 2. The first kappa shape index (κ1) is 32.6. The Balaban J connectivity index is 1.31. The van der Waals surface area contributed by atoms with E-state index in [0.717, 1.165) is 0 Å². The minimum Gasteiger partial charge on any atom is -0.484 e. The van der Waals surface area contributed by atoms with Crippen molar-refractivity contribution in [2.45, 2.75) is 45.4 Å². The summed E-state index contributed by atoms with van der Waals surface area (Å²) in [6.45, 7) is 3.26. The van der Waals surface area contributed by atoms with Crippen LogP contribution in [0.3, 0.4) is 0 Å². The van der Waals surface area contributed by atoms with Crippen LogP contribution in [-0.2, 0) is 21.0 Å². The Labute approximate surface area is 259 Å². The summed E-state index contributed by atoms with van der Waals surface area (Å²) in [5, 5.41) is 29.7. The number of benzene rings is 3. The molecule has 0 aromatic heterocycles. The maximum Gasteiger partial charge on any atom is 0.323 e. The predicted molar refractivity (Wildman–Crippen MR) is 164 cm³/mol. The summed E-state index contributed by atoms with van der Waals surface area (Å²) < 4.78 is 16.3. The molecule has 1 aliphatic heterocycles. The highest BCUT2D eigenvalue weighted by Crippen LogP contribution is 2.35. The van der Waals surface area contributed by atoms with E-state index < -0.39 is 35.9 Å². The normalized spacial score (nSPS) is 13.0. The lowest BCUT2D eigenvalue weighted by molar-refractivity contribution is -0.138. The monoisotopic (exact) mass is 620 g/mol. The fourth-order valence-electron chi connectivity index (χ4n) is 4.62. The fourth-order valence-corrected chi connectivity index (χ4v) is 4.62. The highest BCUT2D eigenvalue weighted by Gasteiger charge is 2.27. The lowest BCUT2D eigenvalue weighted by atomic mass is 10.00. The second-order valence-electron chi connectivity index (χ2n) is 10.7. The van der Waals surface area contributed by atoms with Gasteiger partial charge >= 0.3 is 12.0 Å². The van der Waals surface area contributed by atoms with E-state index in [0.29, 0.717) is 46.2 Å². The van der Waals surface area contributed by atoms with Gasteiger partial charge in [0.05, 0.1) is 19.1 Å². The average molecular weight is 621 g/mol. The number of amides is 4. The van der Waals surface area contributed by atoms with Gasteiger partial charge in [0.25, 0.3) is 5.91 Å². The number of carbonyl (C=O) groups is 4. The molecule has 3 aromatic carbocycles. The molecule has 13 heteroatoms. The van der Waals surface area contributed by atoms with Crippen molar-refractivity contribution in [3.63, 3.8) is 0 Å². The maximum atomic E-state index is 13.3. The summed E-state index contributed by atoms with van der Waals surface area (Å²) in [6, 6.07) is 15.9. The van der Waals surface area contributed by atoms with Crippen LogP contribution in [0.2, 0.25) is 0 Å². The number of hydrogen-bond acceptors (Lipinski definition) is 8. The molecule has 0 radical (unpaired) electrons. The predicted octanol–water partition coefficient (Wildman–Crippen LogP) is 3.79. The molecule has 3 aromatic rings. The van der Waals surface area contributed by atoms with Crippen molar-refractivity contribution < 1.29 is 43.6 Å². The molecule has 6 N–H and O–H groups in total. The van der Waals surface area contributed by atoms with Crippen molar-refractivity contribution in [3.05, 3.63) is 77.9 Å². The SMILES string of the molecule is CC(C)CC(NC(=O)COc1ccc(NC(=O)Nc2ccccc2CO)cc1)C(=O)NC(CC(=O)O)c1ccc2c(c1)OCO2. The maximum absolute atomic E-state index is 13.3. The van der Waals surface area contributed by atoms with Gasteiger partial charge in [0, 0.05) is 16.9 Å². The number of hydrogen-bond donors (Lipinski definition) is 6. The van der Waals surface area contributed by atoms with Crippen molar-refractivity contribution in [2.75, 3.05) is 24.0 Å². The lowest BCUT2D eigenvalue weighted by Crippen LogP contribution is -2.49. The largest absolute Gasteiger partial charge is 0.484 e. The average Bonchev–Trinajstić information content (AvgIpc) is 3.48. The molecule has 238 valence electrons. The van der Waals surface area contributed by atoms with Gasteiger partial charge in [0.2, 0.25) is 12.7 Å². The first-order valence-corrected chi connectivity index (χ1v) is 14.3. The van der Waals surface area contributed by atoms with Gasteiger partial charge < -0.3 is 45.7 Å². The summed E-state index contributed by atoms with van der Waals surface area (Å²) in [5.74, 6) is -0.799. The number of carboxylic acid groups (broad SMARTS) is 1. The van der Waals surface area contributed by atoms with Gasteiger partial charge in [-0.2, -0.15) is 0 Å². The summed E-state index contributed by atoms with van der Waals surface area (Å²) in [4.78, 5) is 50.0. The third-order valence-corrected chi connectivity index (χ3v) is 6.77. The molecule has 2 atom stereocenters. The lowest BCUT2D eigenvalue weighted by Gasteiger charge is -2.24. The second kappa shape index (κ2) is 15.4. The molecule has 0 bridgehead atoms. The van der Waals surface area contributed by atoms with Crippen LogP contribution in [-0.4, -0.2) is 53.5 Å². The summed E-state index contributed by atoms with van der Waals surface area (Å²) in [7, 11) is 0. The van der Waals surface area contributed by atoms with Crippen LogP contribution < -0.4 is 35.5 Å². The number of carbonyl (C=O) groups excluding carboxylic acids is 3. The van der Waals surface area contributed by atoms with Gasteiger partial charge in [0.15, 0.2) is 18.1 Å². The molecule has 13 nitrogen and oxygen atoms in total. The highest BCUT2D eigenvalue weighted by atomic mass is 16.7. The molecule has 2 unspecified atom stereocenters. The molecule has 0 spiro atoms. The molecule has 1 heterocycles. The van der Waals surface area contributed by atoms with Crippen molar-refractivity contribution >= 4 is 35.2 Å². The molecule has 0 saturated carbocycles. The smallest absolute Gasteiger partial charge is 0.323 e. The Kier molecular flexibility index (Phi) is 11.2. The van der Waals surface area contributed by atoms with E-state index >= 15 is 0 Å². The quantitative estimate of drug-likeness (QED) is 0.156. The van der Waals surface area contributed by atoms with Gasteiger partial charge in [-0.3, -0.25) is 14.4 Å². The molecule has 4 rings (SSSR count). The van der Waals surface area contributed by atoms with E-state index in [9.17, 15) is 29.4 Å². The van der Waals surface area contributed by atoms with Crippen molar-refractivity contribution in [1.82, 2.24) is 10.6 Å². The van der Waals surface area contributed by atoms with Crippen molar-refractivity contribution in [2.24, 2.45) is 5.92 Å². The van der Waals surface area contributed by atoms with Gasteiger partial charge in [0.1, 0.15) is 11.8 Å². The van der Waals surface area contributed by atoms with Crippen molar-refractivity contribution in [3.8, 4) is 17.2 Å². The Morgan fingerprint density at radius 3 is 2.36 bits per heavy atom. The van der Waals surface area contributed by atoms with Crippen LogP contribution >= 0.6 is 0 Å². The van der Waals surface area contributed by atoms with E-state index in [1.807, 2.05) is 13.8 Å². The summed E-state index contributed by atoms with van der Waals surface area (Å²) >= 11 is 0. The van der Waals surface area contributed by atoms with E-state index in [1.165, 1.54) is 0 Å². The van der Waals surface area contributed by atoms with Gasteiger partial charge in [-0.1, -0.05) is 38.1 Å². The Bertz CT molecular complexity index is 1510. The van der Waals surface area contributed by atoms with Crippen LogP contribution in [0.1, 0.15) is 43.9 Å². The number of fused-ring (bicyclic) bond motifs is 1. The molecule has 4 amide bonds. The second-order valence-corrected chi connectivity index (χ2v) is 10.7. The zero-order valence-electron chi connectivity index (χ0n) is 24.9. The van der Waals surface area contributed by atoms with E-state index in [1.54, 1.807) is 66.7 Å². The third kappa shape index (κ3) is 9.60. The van der Waals surface area contributed by atoms with Crippen molar-refractivity contribution in [1.29, 1.82) is 0 Å². The molecule has 45 heavy (non-hydrogen) atoms. The van der Waals surface area contributed by atoms with Crippen LogP contribution in [0.15, 0.2) is 66.7 Å². The molecule has 0 fully saturated rings. The minimum absolute atomic E-state index is 0.0415. The number of aliphatic carboxylic acids is 1. The molecule has 0 saturated heterocycles. The zero-order chi connectivity index (χ0) is 32.3. The number of aliphatic hydroxyl groups excluding tert-OH is 1. The number of para-hydroxylation sites is 1. The topological polar surface area (TPSA) is 185 Å². The zero-order valence-corrected chi connectivity index (χ0v) is 24.9. The van der Waals surface area contributed by atoms with Crippen LogP contribution in [0.5, 0.6) is 17.2 Å². The van der Waals surface area contributed by atoms with Crippen LogP contribution in [0.4, 0.5) is 16.2 Å². The molecule has 1 aliphatic rings. The summed E-state index contributed by atoms with van der Waals surface area (Å²) in [6.07, 6.45) is -0.0665. The first-order valence-electron chi connectivity index (χ1n) is 14.3. The third-order valence-electron chi connectivity index (χ3n) is 6.77. The number of rotatable bonds is 14. The van der Waals surface area contributed by atoms with Crippen LogP contribution in [0.25, 0.3) is 0 Å². The van der Waals surface area contributed by atoms with Crippen LogP contribution in [0, 0.1) is 5.92 Å². The molecular weight excluding hydrogens is 584 g/mol. The number of ether oxygens (including phenoxy) is 3. The first-order chi connectivity index (χ1) is 21.6. The Hall–Kier alpha value is -5.30. The Morgan fingerprint density at radius 1 is 0.911 bits per heavy atom. The van der Waals surface area contributed by atoms with E-state index in [4.69, 9.17) is 14.2 Å². The fraction of sp³-hybridized carbons (Fsp3) is 0.312. The highest BCUT2D eigenvalue weighted by molar-refractivity contribution is 6.00. The number of carboxylic acids is 1. The number of aliphatic hydroxyl groups is 1. The number of nitrogens with one attached hydrogen (secondary N) is 4. The Morgan fingerprint density at radius 2 is 1.64 bits per heavy atom. The molecular formula is C32H36N4O9. The molecule has 0 aliphatic carbocycles. The van der Waals surface area contributed by atoms with Gasteiger partial charge in [-0.05, 0) is 60.4 Å². The van der Waals surface area contributed by atoms with Gasteiger partial charge in [-0.25, -0.2) is 4.79 Å². The number of urea groups is 1. The van der Waals surface area contributed by atoms with Gasteiger partial charge in [-0.15, -0.1) is 0 Å². The van der Waals surface area contributed by atoms with E-state index in [2.05, 4.69) is 21.3 Å². The standard InChI is InChI=1S/C32H36N4O9/c1-19(2)13-26(31(41)35-25(15-30(39)40)20-7-12-27-28(14-20)45-18-44-27)34-29(38)17-43-23-10-8-22(9-11-23)33-32(42)36-24-6-4-3-5-21(24)16-37/h3-12,14,19,25-26,37H,13,15-18H2,1-2H3,(H,34,38)(H,35,41)(H,39,40)(H2,33,36,42). The van der Waals surface area contributed by atoms with E-state index in [-0.39, 0.29) is 32.3 Å². The minimum atomic E-state index is -1.11.